The van der Waals surface area contributed by atoms with Crippen molar-refractivity contribution in [3.8, 4) is 11.5 Å². The number of rotatable bonds is 9. The van der Waals surface area contributed by atoms with Gasteiger partial charge in [-0.05, 0) is 55.0 Å². The molecule has 0 aromatic heterocycles. The molecule has 1 unspecified atom stereocenters. The lowest BCUT2D eigenvalue weighted by Crippen LogP contribution is -2.44. The lowest BCUT2D eigenvalue weighted by Gasteiger charge is -2.32. The van der Waals surface area contributed by atoms with Crippen LogP contribution >= 0.6 is 0 Å². The molecule has 3 rings (SSSR count). The normalized spacial score (nSPS) is 15.9. The Labute approximate surface area is 200 Å². The van der Waals surface area contributed by atoms with Crippen molar-refractivity contribution in [1.82, 2.24) is 5.01 Å². The van der Waals surface area contributed by atoms with E-state index >= 15 is 0 Å². The summed E-state index contributed by atoms with van der Waals surface area (Å²) >= 11 is 0. The van der Waals surface area contributed by atoms with Gasteiger partial charge in [-0.1, -0.05) is 26.0 Å². The van der Waals surface area contributed by atoms with Crippen LogP contribution in [-0.2, 0) is 9.53 Å². The molecule has 0 spiro atoms. The minimum Gasteiger partial charge on any atom is -0.493 e. The Morgan fingerprint density at radius 3 is 2.56 bits per heavy atom. The molecule has 0 radical (unpaired) electrons. The van der Waals surface area contributed by atoms with Crippen LogP contribution in [0.25, 0.3) is 0 Å². The highest BCUT2D eigenvalue weighted by Crippen LogP contribution is 2.31. The zero-order chi connectivity index (χ0) is 24.5. The van der Waals surface area contributed by atoms with Gasteiger partial charge in [0, 0.05) is 18.3 Å². The van der Waals surface area contributed by atoms with E-state index in [0.717, 1.165) is 24.8 Å². The number of amides is 1. The van der Waals surface area contributed by atoms with E-state index in [9.17, 15) is 9.59 Å². The Bertz CT molecular complexity index is 1000. The fourth-order valence-electron chi connectivity index (χ4n) is 3.63. The van der Waals surface area contributed by atoms with E-state index in [-0.39, 0.29) is 17.9 Å². The number of methoxy groups -OCH3 is 2. The highest BCUT2D eigenvalue weighted by Gasteiger charge is 2.28. The maximum absolute atomic E-state index is 13.1. The van der Waals surface area contributed by atoms with E-state index in [2.05, 4.69) is 24.3 Å². The number of esters is 1. The maximum atomic E-state index is 13.1. The summed E-state index contributed by atoms with van der Waals surface area (Å²) in [6.45, 7) is 5.40. The van der Waals surface area contributed by atoms with Gasteiger partial charge in [-0.25, -0.2) is 4.79 Å². The lowest BCUT2D eigenvalue weighted by molar-refractivity contribution is -0.122. The number of carbonyl (C=O) groups excluding carboxylic acids is 2. The molecule has 1 fully saturated rings. The maximum Gasteiger partial charge on any atom is 0.337 e. The number of anilines is 1. The quantitative estimate of drug-likeness (QED) is 0.436. The highest BCUT2D eigenvalue weighted by atomic mass is 16.5. The first-order chi connectivity index (χ1) is 16.4. The average Bonchev–Trinajstić information content (AvgIpc) is 2.86. The number of hydrazone groups is 1. The van der Waals surface area contributed by atoms with Crippen LogP contribution < -0.4 is 14.8 Å². The third-order valence-electron chi connectivity index (χ3n) is 5.47. The number of hydrogen-bond acceptors (Lipinski definition) is 7. The van der Waals surface area contributed by atoms with Crippen LogP contribution in [0.15, 0.2) is 47.6 Å². The highest BCUT2D eigenvalue weighted by molar-refractivity contribution is 5.95. The lowest BCUT2D eigenvalue weighted by atomic mass is 10.0. The van der Waals surface area contributed by atoms with Gasteiger partial charge in [0.1, 0.15) is 6.04 Å². The molecule has 0 aliphatic carbocycles. The van der Waals surface area contributed by atoms with Crippen molar-refractivity contribution in [3.05, 3.63) is 53.6 Å². The van der Waals surface area contributed by atoms with Crippen LogP contribution in [0, 0.1) is 5.92 Å². The van der Waals surface area contributed by atoms with Crippen molar-refractivity contribution in [2.24, 2.45) is 11.0 Å². The third kappa shape index (κ3) is 6.73. The van der Waals surface area contributed by atoms with Crippen LogP contribution in [0.1, 0.15) is 49.0 Å². The molecule has 1 heterocycles. The number of nitrogens with one attached hydrogen (secondary N) is 1. The molecule has 1 aliphatic heterocycles. The van der Waals surface area contributed by atoms with Crippen LogP contribution in [0.4, 0.5) is 5.69 Å². The second kappa shape index (κ2) is 12.1. The molecule has 0 saturated carbocycles. The van der Waals surface area contributed by atoms with Crippen molar-refractivity contribution in [1.29, 1.82) is 0 Å². The fourth-order valence-corrected chi connectivity index (χ4v) is 3.63. The molecule has 8 nitrogen and oxygen atoms in total. The van der Waals surface area contributed by atoms with Gasteiger partial charge in [-0.3, -0.25) is 9.80 Å². The molecule has 0 bridgehead atoms. The summed E-state index contributed by atoms with van der Waals surface area (Å²) in [4.78, 5) is 24.7. The van der Waals surface area contributed by atoms with Crippen LogP contribution in [-0.4, -0.2) is 56.5 Å². The molecule has 1 amide bonds. The van der Waals surface area contributed by atoms with E-state index in [1.807, 2.05) is 5.01 Å². The topological polar surface area (TPSA) is 89.5 Å². The summed E-state index contributed by atoms with van der Waals surface area (Å²) in [5.41, 5.74) is 1.96. The SMILES string of the molecule is COC(=O)c1ccc(/C=N/N2CCCCC2C(=O)Nc2ccc(OC)c(OCC(C)C)c2)cc1. The molecular formula is C26H33N3O5. The van der Waals surface area contributed by atoms with Crippen molar-refractivity contribution >= 4 is 23.8 Å². The fraction of sp³-hybridized carbons (Fsp3) is 0.423. The van der Waals surface area contributed by atoms with Gasteiger partial charge in [0.15, 0.2) is 11.5 Å². The van der Waals surface area contributed by atoms with E-state index in [1.54, 1.807) is 55.8 Å². The number of ether oxygens (including phenoxy) is 3. The minimum absolute atomic E-state index is 0.113. The van der Waals surface area contributed by atoms with Crippen molar-refractivity contribution in [2.75, 3.05) is 32.7 Å². The molecule has 8 heteroatoms. The Morgan fingerprint density at radius 1 is 1.12 bits per heavy atom. The van der Waals surface area contributed by atoms with Crippen LogP contribution in [0.2, 0.25) is 0 Å². The first-order valence-electron chi connectivity index (χ1n) is 11.5. The zero-order valence-corrected chi connectivity index (χ0v) is 20.2. The van der Waals surface area contributed by atoms with Gasteiger partial charge >= 0.3 is 5.97 Å². The largest absolute Gasteiger partial charge is 0.493 e. The van der Waals surface area contributed by atoms with Crippen LogP contribution in [0.3, 0.4) is 0 Å². The number of hydrogen-bond donors (Lipinski definition) is 1. The number of benzene rings is 2. The first-order valence-corrected chi connectivity index (χ1v) is 11.5. The Morgan fingerprint density at radius 2 is 1.88 bits per heavy atom. The second-order valence-electron chi connectivity index (χ2n) is 8.59. The molecule has 1 saturated heterocycles. The summed E-state index contributed by atoms with van der Waals surface area (Å²) in [6.07, 6.45) is 4.36. The summed E-state index contributed by atoms with van der Waals surface area (Å²) in [5.74, 6) is 1.10. The monoisotopic (exact) mass is 467 g/mol. The zero-order valence-electron chi connectivity index (χ0n) is 20.2. The Kier molecular flexibility index (Phi) is 8.90. The summed E-state index contributed by atoms with van der Waals surface area (Å²) in [6, 6.07) is 12.0. The standard InChI is InChI=1S/C26H33N3O5/c1-18(2)17-34-24-15-21(12-13-23(24)32-3)28-25(30)22-7-5-6-14-29(22)27-16-19-8-10-20(11-9-19)26(31)33-4/h8-13,15-16,18,22H,5-7,14,17H2,1-4H3,(H,28,30)/b27-16+. The van der Waals surface area contributed by atoms with E-state index in [4.69, 9.17) is 14.2 Å². The molecule has 2 aromatic carbocycles. The molecule has 34 heavy (non-hydrogen) atoms. The molecule has 1 atom stereocenters. The molecule has 1 N–H and O–H groups in total. The van der Waals surface area contributed by atoms with Gasteiger partial charge in [0.25, 0.3) is 0 Å². The molecule has 182 valence electrons. The molecular weight excluding hydrogens is 434 g/mol. The molecule has 2 aromatic rings. The summed E-state index contributed by atoms with van der Waals surface area (Å²) in [5, 5.41) is 9.40. The second-order valence-corrected chi connectivity index (χ2v) is 8.59. The number of piperidine rings is 1. The predicted molar refractivity (Wildman–Crippen MR) is 132 cm³/mol. The summed E-state index contributed by atoms with van der Waals surface area (Å²) < 4.78 is 16.0. The van der Waals surface area contributed by atoms with Crippen LogP contribution in [0.5, 0.6) is 11.5 Å². The van der Waals surface area contributed by atoms with Gasteiger partial charge in [-0.15, -0.1) is 0 Å². The van der Waals surface area contributed by atoms with Gasteiger partial charge in [0.2, 0.25) is 5.91 Å². The number of carbonyl (C=O) groups is 2. The predicted octanol–water partition coefficient (Wildman–Crippen LogP) is 4.34. The third-order valence-corrected chi connectivity index (χ3v) is 5.47. The van der Waals surface area contributed by atoms with Crippen molar-refractivity contribution in [3.63, 3.8) is 0 Å². The van der Waals surface area contributed by atoms with E-state index in [1.165, 1.54) is 7.11 Å². The minimum atomic E-state index is -0.382. The van der Waals surface area contributed by atoms with Gasteiger partial charge < -0.3 is 19.5 Å². The number of nitrogens with zero attached hydrogens (tertiary/aromatic N) is 2. The smallest absolute Gasteiger partial charge is 0.337 e. The van der Waals surface area contributed by atoms with E-state index in [0.29, 0.717) is 41.8 Å². The van der Waals surface area contributed by atoms with Gasteiger partial charge in [-0.2, -0.15) is 5.10 Å². The first kappa shape index (κ1) is 25.1. The van der Waals surface area contributed by atoms with E-state index < -0.39 is 0 Å². The molecule has 1 aliphatic rings. The van der Waals surface area contributed by atoms with Crippen molar-refractivity contribution in [2.45, 2.75) is 39.2 Å². The average molecular weight is 468 g/mol. The van der Waals surface area contributed by atoms with Gasteiger partial charge in [0.05, 0.1) is 32.6 Å². The summed E-state index contributed by atoms with van der Waals surface area (Å²) in [7, 11) is 2.95. The van der Waals surface area contributed by atoms with Crippen molar-refractivity contribution < 1.29 is 23.8 Å². The Balaban J connectivity index is 1.68. The Hall–Kier alpha value is -3.55.